The van der Waals surface area contributed by atoms with Crippen LogP contribution in [0.15, 0.2) is 12.7 Å². The van der Waals surface area contributed by atoms with Gasteiger partial charge in [0.05, 0.1) is 13.2 Å². The number of aliphatic hydroxyl groups is 2. The zero-order valence-electron chi connectivity index (χ0n) is 7.70. The molecule has 0 amide bonds. The first kappa shape index (κ1) is 10.1. The summed E-state index contributed by atoms with van der Waals surface area (Å²) in [5.41, 5.74) is 0. The molecule has 2 bridgehead atoms. The summed E-state index contributed by atoms with van der Waals surface area (Å²) in [6.07, 6.45) is -1.93. The van der Waals surface area contributed by atoms with Crippen LogP contribution in [0.4, 0.5) is 0 Å². The number of hydrogen-bond acceptors (Lipinski definition) is 5. The second-order valence-electron chi connectivity index (χ2n) is 3.44. The Bertz CT molecular complexity index is 203. The third-order valence-corrected chi connectivity index (χ3v) is 2.47. The smallest absolute Gasteiger partial charge is 0.186 e. The van der Waals surface area contributed by atoms with Crippen LogP contribution < -0.4 is 0 Å². The molecule has 80 valence electrons. The second kappa shape index (κ2) is 3.96. The van der Waals surface area contributed by atoms with E-state index in [1.54, 1.807) is 6.08 Å². The van der Waals surface area contributed by atoms with Gasteiger partial charge in [0.1, 0.15) is 24.4 Å². The van der Waals surface area contributed by atoms with Gasteiger partial charge >= 0.3 is 0 Å². The Morgan fingerprint density at radius 2 is 2.21 bits per heavy atom. The quantitative estimate of drug-likeness (QED) is 0.577. The van der Waals surface area contributed by atoms with E-state index in [1.165, 1.54) is 0 Å². The van der Waals surface area contributed by atoms with Crippen molar-refractivity contribution in [3.8, 4) is 0 Å². The molecule has 2 fully saturated rings. The number of hydrogen-bond donors (Lipinski definition) is 2. The maximum Gasteiger partial charge on any atom is 0.186 e. The van der Waals surface area contributed by atoms with Crippen LogP contribution >= 0.6 is 0 Å². The molecule has 5 atom stereocenters. The fourth-order valence-electron chi connectivity index (χ4n) is 1.74. The molecule has 0 aliphatic carbocycles. The van der Waals surface area contributed by atoms with E-state index in [-0.39, 0.29) is 6.61 Å². The summed E-state index contributed by atoms with van der Waals surface area (Å²) in [5, 5.41) is 19.4. The van der Waals surface area contributed by atoms with Crippen LogP contribution in [0.3, 0.4) is 0 Å². The van der Waals surface area contributed by atoms with E-state index in [9.17, 15) is 10.2 Å². The van der Waals surface area contributed by atoms with Crippen molar-refractivity contribution >= 4 is 0 Å². The van der Waals surface area contributed by atoms with Crippen molar-refractivity contribution in [3.63, 3.8) is 0 Å². The third kappa shape index (κ3) is 1.57. The van der Waals surface area contributed by atoms with Crippen molar-refractivity contribution in [1.82, 2.24) is 0 Å². The molecule has 0 unspecified atom stereocenters. The molecule has 0 radical (unpaired) electrons. The van der Waals surface area contributed by atoms with Gasteiger partial charge in [0.25, 0.3) is 0 Å². The molecular weight excluding hydrogens is 188 g/mol. The highest BCUT2D eigenvalue weighted by Gasteiger charge is 2.49. The van der Waals surface area contributed by atoms with Gasteiger partial charge in [0.15, 0.2) is 6.29 Å². The van der Waals surface area contributed by atoms with Gasteiger partial charge in [-0.3, -0.25) is 0 Å². The Hall–Kier alpha value is -0.460. The Labute approximate surface area is 81.9 Å². The molecule has 0 aromatic carbocycles. The van der Waals surface area contributed by atoms with E-state index in [1.807, 2.05) is 0 Å². The Morgan fingerprint density at radius 1 is 1.43 bits per heavy atom. The van der Waals surface area contributed by atoms with Gasteiger partial charge in [-0.05, 0) is 0 Å². The average molecular weight is 202 g/mol. The van der Waals surface area contributed by atoms with E-state index in [2.05, 4.69) is 6.58 Å². The SMILES string of the molecule is C=CCO[C@@H]1[C@@H](O)[C@@H]2OC[C@@H](O2)[C@H]1O. The number of fused-ring (bicyclic) bond motifs is 2. The average Bonchev–Trinajstić information content (AvgIpc) is 2.62. The molecule has 2 aliphatic heterocycles. The first-order valence-electron chi connectivity index (χ1n) is 4.59. The van der Waals surface area contributed by atoms with E-state index >= 15 is 0 Å². The van der Waals surface area contributed by atoms with E-state index in [4.69, 9.17) is 14.2 Å². The zero-order valence-corrected chi connectivity index (χ0v) is 7.70. The normalized spacial score (nSPS) is 46.6. The fraction of sp³-hybridized carbons (Fsp3) is 0.778. The highest BCUT2D eigenvalue weighted by molar-refractivity contribution is 4.94. The monoisotopic (exact) mass is 202 g/mol. The minimum atomic E-state index is -0.941. The van der Waals surface area contributed by atoms with Crippen molar-refractivity contribution in [3.05, 3.63) is 12.7 Å². The first-order valence-corrected chi connectivity index (χ1v) is 4.59. The molecule has 2 N–H and O–H groups in total. The van der Waals surface area contributed by atoms with Gasteiger partial charge in [0.2, 0.25) is 0 Å². The minimum Gasteiger partial charge on any atom is -0.387 e. The molecule has 5 nitrogen and oxygen atoms in total. The van der Waals surface area contributed by atoms with Crippen LogP contribution in [-0.2, 0) is 14.2 Å². The summed E-state index contributed by atoms with van der Waals surface area (Å²) in [6, 6.07) is 0. The lowest BCUT2D eigenvalue weighted by atomic mass is 10.0. The lowest BCUT2D eigenvalue weighted by Crippen LogP contribution is -2.54. The fourth-order valence-corrected chi connectivity index (χ4v) is 1.74. The maximum atomic E-state index is 9.73. The molecule has 0 spiro atoms. The lowest BCUT2D eigenvalue weighted by molar-refractivity contribution is -0.238. The summed E-state index contributed by atoms with van der Waals surface area (Å²) in [7, 11) is 0. The topological polar surface area (TPSA) is 68.2 Å². The molecule has 0 aromatic rings. The van der Waals surface area contributed by atoms with Crippen LogP contribution in [0.5, 0.6) is 0 Å². The molecule has 2 heterocycles. The van der Waals surface area contributed by atoms with Gasteiger partial charge in [-0.25, -0.2) is 0 Å². The van der Waals surface area contributed by atoms with Crippen LogP contribution in [0, 0.1) is 0 Å². The summed E-state index contributed by atoms with van der Waals surface area (Å²) in [4.78, 5) is 0. The number of aliphatic hydroxyl groups excluding tert-OH is 2. The standard InChI is InChI=1S/C9H14O5/c1-2-3-12-8-6(10)5-4-13-9(14-5)7(8)11/h2,5-11H,1,3-4H2/t5-,6-,7-,8+,9-/m1/s1. The highest BCUT2D eigenvalue weighted by atomic mass is 16.7. The number of ether oxygens (including phenoxy) is 3. The molecule has 2 aliphatic rings. The lowest BCUT2D eigenvalue weighted by Gasteiger charge is -2.35. The molecule has 14 heavy (non-hydrogen) atoms. The predicted molar refractivity (Wildman–Crippen MR) is 46.6 cm³/mol. The predicted octanol–water partition coefficient (Wildman–Crippen LogP) is -0.966. The largest absolute Gasteiger partial charge is 0.387 e. The molecule has 2 rings (SSSR count). The second-order valence-corrected chi connectivity index (χ2v) is 3.44. The summed E-state index contributed by atoms with van der Waals surface area (Å²) in [6.45, 7) is 4.09. The van der Waals surface area contributed by atoms with Gasteiger partial charge < -0.3 is 24.4 Å². The van der Waals surface area contributed by atoms with Crippen LogP contribution in [-0.4, -0.2) is 54.1 Å². The molecular formula is C9H14O5. The minimum absolute atomic E-state index is 0.290. The van der Waals surface area contributed by atoms with Gasteiger partial charge in [-0.15, -0.1) is 6.58 Å². The summed E-state index contributed by atoms with van der Waals surface area (Å²) in [5.74, 6) is 0. The van der Waals surface area contributed by atoms with Gasteiger partial charge in [-0.2, -0.15) is 0 Å². The third-order valence-electron chi connectivity index (χ3n) is 2.47. The van der Waals surface area contributed by atoms with Crippen LogP contribution in [0.25, 0.3) is 0 Å². The summed E-state index contributed by atoms with van der Waals surface area (Å²) < 4.78 is 15.6. The summed E-state index contributed by atoms with van der Waals surface area (Å²) >= 11 is 0. The van der Waals surface area contributed by atoms with Crippen LogP contribution in [0.1, 0.15) is 0 Å². The van der Waals surface area contributed by atoms with Gasteiger partial charge in [-0.1, -0.05) is 6.08 Å². The van der Waals surface area contributed by atoms with Crippen LogP contribution in [0.2, 0.25) is 0 Å². The van der Waals surface area contributed by atoms with E-state index < -0.39 is 30.7 Å². The Kier molecular flexibility index (Phi) is 2.85. The maximum absolute atomic E-state index is 9.73. The number of rotatable bonds is 3. The van der Waals surface area contributed by atoms with Crippen molar-refractivity contribution in [2.24, 2.45) is 0 Å². The molecule has 0 saturated carbocycles. The van der Waals surface area contributed by atoms with Crippen molar-refractivity contribution in [1.29, 1.82) is 0 Å². The molecule has 0 aromatic heterocycles. The Morgan fingerprint density at radius 3 is 2.93 bits per heavy atom. The van der Waals surface area contributed by atoms with Crippen molar-refractivity contribution < 1.29 is 24.4 Å². The molecule has 5 heteroatoms. The first-order chi connectivity index (χ1) is 6.74. The van der Waals surface area contributed by atoms with Crippen molar-refractivity contribution in [2.75, 3.05) is 13.2 Å². The van der Waals surface area contributed by atoms with E-state index in [0.717, 1.165) is 0 Å². The Balaban J connectivity index is 2.03. The highest BCUT2D eigenvalue weighted by Crippen LogP contribution is 2.29. The zero-order chi connectivity index (χ0) is 10.1. The van der Waals surface area contributed by atoms with Crippen molar-refractivity contribution in [2.45, 2.75) is 30.7 Å². The molecule has 2 saturated heterocycles. The van der Waals surface area contributed by atoms with Gasteiger partial charge in [0, 0.05) is 0 Å². The van der Waals surface area contributed by atoms with E-state index in [0.29, 0.717) is 6.61 Å².